The minimum Gasteiger partial charge on any atom is -0.394 e. The van der Waals surface area contributed by atoms with Gasteiger partial charge in [-0.25, -0.2) is 0 Å². The fraction of sp³-hybridized carbons (Fsp3) is 0.500. The quantitative estimate of drug-likeness (QED) is 0.253. The molecule has 0 N–H and O–H groups in total. The van der Waals surface area contributed by atoms with Crippen molar-refractivity contribution in [2.24, 2.45) is 0 Å². The van der Waals surface area contributed by atoms with E-state index in [0.717, 1.165) is 0 Å². The first-order chi connectivity index (χ1) is 5.55. The van der Waals surface area contributed by atoms with Gasteiger partial charge < -0.3 is 4.74 Å². The first-order valence-electron chi connectivity index (χ1n) is 4.32. The van der Waals surface area contributed by atoms with Gasteiger partial charge in [0.15, 0.2) is 0 Å². The van der Waals surface area contributed by atoms with Gasteiger partial charge in [0.2, 0.25) is 0 Å². The fourth-order valence-corrected chi connectivity index (χ4v) is 0.0842. The van der Waals surface area contributed by atoms with E-state index in [2.05, 4.69) is 4.74 Å². The molecule has 0 radical (unpaired) electrons. The highest BCUT2D eigenvalue weighted by atomic mass is 16.7. The summed E-state index contributed by atoms with van der Waals surface area (Å²) in [5.41, 5.74) is 0. The molecule has 0 amide bonds. The van der Waals surface area contributed by atoms with Crippen molar-refractivity contribution in [3.8, 4) is 0 Å². The van der Waals surface area contributed by atoms with Gasteiger partial charge in [-0.2, -0.15) is 0 Å². The van der Waals surface area contributed by atoms with Crippen LogP contribution in [0.2, 0.25) is 0 Å². The molecular weight excluding hydrogens is 100 g/mol. The number of esters is 2. The Balaban J connectivity index is 4.34. The lowest BCUT2D eigenvalue weighted by molar-refractivity contribution is -0.156. The first-order valence-corrected chi connectivity index (χ1v) is 1.32. The third-order valence-corrected chi connectivity index (χ3v) is 0.185. The van der Waals surface area contributed by atoms with Gasteiger partial charge >= 0.3 is 11.9 Å². The molecule has 0 unspecified atom stereocenters. The monoisotopic (exact) mass is 112 g/mol. The molecule has 3 heteroatoms. The third kappa shape index (κ3) is 5.14. The number of ether oxygens (including phenoxy) is 1. The number of carbonyl (C=O) groups is 2. The molecule has 0 aliphatic heterocycles. The van der Waals surface area contributed by atoms with Crippen LogP contribution in [0, 0.1) is 0 Å². The maximum Gasteiger partial charge on any atom is 0.310 e. The maximum absolute atomic E-state index is 10.5. The van der Waals surface area contributed by atoms with Gasteiger partial charge in [0, 0.05) is 21.9 Å². The van der Waals surface area contributed by atoms with Gasteiger partial charge in [0.1, 0.15) is 0 Å². The Morgan fingerprint density at radius 3 is 2.14 bits per heavy atom. The van der Waals surface area contributed by atoms with Crippen molar-refractivity contribution < 1.29 is 22.6 Å². The van der Waals surface area contributed by atoms with Crippen LogP contribution in [0.15, 0.2) is 0 Å². The van der Waals surface area contributed by atoms with Crippen molar-refractivity contribution in [3.63, 3.8) is 0 Å². The number of carbonyl (C=O) groups excluding carboxylic acids is 2. The largest absolute Gasteiger partial charge is 0.394 e. The van der Waals surface area contributed by atoms with Crippen LogP contribution in [0.25, 0.3) is 0 Å². The van der Waals surface area contributed by atoms with E-state index in [9.17, 15) is 9.59 Å². The zero-order chi connectivity index (χ0) is 10.9. The summed E-state index contributed by atoms with van der Waals surface area (Å²) in [7, 11) is 0. The Labute approximate surface area is 49.7 Å². The molecule has 0 saturated heterocycles. The molecule has 0 aliphatic carbocycles. The van der Waals surface area contributed by atoms with Gasteiger partial charge in [0.25, 0.3) is 0 Å². The highest BCUT2D eigenvalue weighted by Crippen LogP contribution is 1.73. The minimum atomic E-state index is -3.12. The average molecular weight is 112 g/mol. The third-order valence-electron chi connectivity index (χ3n) is 0.185. The summed E-state index contributed by atoms with van der Waals surface area (Å²) in [5, 5.41) is 0. The average Bonchev–Trinajstić information content (AvgIpc) is 1.82. The molecule has 0 fully saturated rings. The van der Waals surface area contributed by atoms with Gasteiger partial charge in [-0.1, -0.05) is 0 Å². The number of hydrogen-bond acceptors (Lipinski definition) is 3. The number of rotatable bonds is 0. The van der Waals surface area contributed by atoms with E-state index in [-0.39, 0.29) is 0 Å². The molecule has 0 aromatic rings. The lowest BCUT2D eigenvalue weighted by atomic mass is 11.7. The van der Waals surface area contributed by atoms with Crippen LogP contribution in [-0.2, 0) is 14.3 Å². The van der Waals surface area contributed by atoms with Crippen LogP contribution in [0.5, 0.6) is 0 Å². The molecule has 0 heterocycles. The van der Waals surface area contributed by atoms with Crippen LogP contribution in [-0.4, -0.2) is 11.9 Å². The van der Waals surface area contributed by atoms with Gasteiger partial charge in [-0.05, 0) is 0 Å². The predicted octanol–water partition coefficient (Wildman–Crippen LogP) is 0.0960. The highest BCUT2D eigenvalue weighted by Gasteiger charge is 1.93. The SMILES string of the molecule is [2H][13C]([2H])([2H])[13C](=O)O[13C](=O)[13C]([2H])([2H])[2H]. The van der Waals surface area contributed by atoms with Crippen molar-refractivity contribution in [2.75, 3.05) is 0 Å². The molecule has 0 aromatic heterocycles. The lowest BCUT2D eigenvalue weighted by Gasteiger charge is -1.87. The Kier molecular flexibility index (Phi) is 0.436. The summed E-state index contributed by atoms with van der Waals surface area (Å²) in [6.07, 6.45) is 0. The fourth-order valence-electron chi connectivity index (χ4n) is 0.0842. The van der Waals surface area contributed by atoms with Crippen LogP contribution >= 0.6 is 0 Å². The van der Waals surface area contributed by atoms with E-state index < -0.39 is 25.6 Å². The van der Waals surface area contributed by atoms with Crippen molar-refractivity contribution in [1.82, 2.24) is 0 Å². The molecule has 7 heavy (non-hydrogen) atoms. The maximum atomic E-state index is 10.5. The standard InChI is InChI=1S/C4H6O3/c1-3(5)7-4(2)6/h1-2H3/i1+1D3,2+1D3,3+1,4+1. The Morgan fingerprint density at radius 1 is 1.43 bits per heavy atom. The topological polar surface area (TPSA) is 43.4 Å². The van der Waals surface area contributed by atoms with E-state index in [1.165, 1.54) is 0 Å². The summed E-state index contributed by atoms with van der Waals surface area (Å²) < 4.78 is 42.3. The molecule has 0 bridgehead atoms. The molecule has 0 saturated carbocycles. The molecule has 3 nitrogen and oxygen atoms in total. The van der Waals surface area contributed by atoms with Crippen LogP contribution in [0.4, 0.5) is 0 Å². The highest BCUT2D eigenvalue weighted by molar-refractivity contribution is 5.82. The summed E-state index contributed by atoms with van der Waals surface area (Å²) in [5.74, 6) is -3.68. The molecule has 0 rings (SSSR count). The van der Waals surface area contributed by atoms with E-state index in [4.69, 9.17) is 8.22 Å². The zero-order valence-electron chi connectivity index (χ0n) is 9.22. The first kappa shape index (κ1) is 1.31. The normalized spacial score (nSPS) is 24.0. The lowest BCUT2D eigenvalue weighted by Crippen LogP contribution is -2.03. The second-order valence-corrected chi connectivity index (χ2v) is 0.677. The Bertz CT molecular complexity index is 201. The van der Waals surface area contributed by atoms with Crippen molar-refractivity contribution in [2.45, 2.75) is 13.7 Å². The second kappa shape index (κ2) is 2.34. The molecule has 0 aliphatic rings. The smallest absolute Gasteiger partial charge is 0.310 e. The van der Waals surface area contributed by atoms with Gasteiger partial charge in [-0.15, -0.1) is 0 Å². The minimum absolute atomic E-state index is 1.84. The van der Waals surface area contributed by atoms with Gasteiger partial charge in [0.05, 0.1) is 0 Å². The molecule has 0 spiro atoms. The van der Waals surface area contributed by atoms with E-state index in [0.29, 0.717) is 0 Å². The number of hydrogen-bond donors (Lipinski definition) is 0. The molecule has 0 aromatic carbocycles. The van der Waals surface area contributed by atoms with Crippen LogP contribution in [0.3, 0.4) is 0 Å². The van der Waals surface area contributed by atoms with E-state index in [1.54, 1.807) is 0 Å². The van der Waals surface area contributed by atoms with Crippen molar-refractivity contribution in [1.29, 1.82) is 0 Å². The summed E-state index contributed by atoms with van der Waals surface area (Å²) >= 11 is 0. The Morgan fingerprint density at radius 2 is 1.86 bits per heavy atom. The van der Waals surface area contributed by atoms with Crippen LogP contribution in [0.1, 0.15) is 21.9 Å². The van der Waals surface area contributed by atoms with Crippen molar-refractivity contribution >= 4 is 11.9 Å². The van der Waals surface area contributed by atoms with Crippen molar-refractivity contribution in [3.05, 3.63) is 0 Å². The van der Waals surface area contributed by atoms with Crippen LogP contribution < -0.4 is 0 Å². The Hall–Kier alpha value is -0.860. The second-order valence-electron chi connectivity index (χ2n) is 0.677. The van der Waals surface area contributed by atoms with E-state index in [1.807, 2.05) is 0 Å². The summed E-state index contributed by atoms with van der Waals surface area (Å²) in [6, 6.07) is 0. The zero-order valence-corrected chi connectivity index (χ0v) is 3.22. The molecular formula is C4H6O3. The van der Waals surface area contributed by atoms with Gasteiger partial charge in [-0.3, -0.25) is 9.59 Å². The summed E-state index contributed by atoms with van der Waals surface area (Å²) in [6.45, 7) is -6.25. The predicted molar refractivity (Wildman–Crippen MR) is 22.4 cm³/mol. The molecule has 40 valence electrons. The molecule has 0 atom stereocenters. The van der Waals surface area contributed by atoms with E-state index >= 15 is 0 Å². The summed E-state index contributed by atoms with van der Waals surface area (Å²) in [4.78, 5) is 20.9.